The average Bonchev–Trinajstić information content (AvgIpc) is 2.51. The van der Waals surface area contributed by atoms with E-state index in [4.69, 9.17) is 11.6 Å². The van der Waals surface area contributed by atoms with Gasteiger partial charge in [0.05, 0.1) is 10.6 Å². The van der Waals surface area contributed by atoms with Gasteiger partial charge >= 0.3 is 0 Å². The van der Waals surface area contributed by atoms with Gasteiger partial charge in [0, 0.05) is 17.0 Å². The van der Waals surface area contributed by atoms with Crippen LogP contribution in [-0.2, 0) is 14.8 Å². The van der Waals surface area contributed by atoms with Crippen molar-refractivity contribution in [2.45, 2.75) is 17.7 Å². The smallest absolute Gasteiger partial charge is 0.282 e. The summed E-state index contributed by atoms with van der Waals surface area (Å²) in [5, 5.41) is 0.589. The van der Waals surface area contributed by atoms with E-state index >= 15 is 0 Å². The molecule has 1 aromatic rings. The lowest BCUT2D eigenvalue weighted by Crippen LogP contribution is -2.18. The molecule has 3 rings (SSSR count). The second-order valence-corrected chi connectivity index (χ2v) is 7.04. The number of rotatable bonds is 2. The van der Waals surface area contributed by atoms with Crippen molar-refractivity contribution in [1.82, 2.24) is 0 Å². The van der Waals surface area contributed by atoms with Crippen LogP contribution in [-0.4, -0.2) is 19.9 Å². The Balaban J connectivity index is 2.06. The minimum absolute atomic E-state index is 0.118. The number of sulfonamides is 1. The highest BCUT2D eigenvalue weighted by Crippen LogP contribution is 2.32. The molecule has 0 radical (unpaired) electrons. The summed E-state index contributed by atoms with van der Waals surface area (Å²) in [7, 11) is -3.82. The van der Waals surface area contributed by atoms with Crippen molar-refractivity contribution in [1.29, 1.82) is 0 Å². The second kappa shape index (κ2) is 5.66. The highest BCUT2D eigenvalue weighted by molar-refractivity contribution is 7.90. The molecule has 0 N–H and O–H groups in total. The predicted octanol–water partition coefficient (Wildman–Crippen LogP) is 3.17. The Morgan fingerprint density at radius 2 is 1.77 bits per heavy atom. The van der Waals surface area contributed by atoms with Gasteiger partial charge in [-0.15, -0.1) is 0 Å². The zero-order valence-corrected chi connectivity index (χ0v) is 13.1. The molecule has 2 aliphatic rings. The first-order valence-electron chi connectivity index (χ1n) is 6.67. The molecule has 0 fully saturated rings. The van der Waals surface area contributed by atoms with Crippen molar-refractivity contribution in [2.75, 3.05) is 0 Å². The van der Waals surface area contributed by atoms with Crippen molar-refractivity contribution < 1.29 is 13.2 Å². The lowest BCUT2D eigenvalue weighted by molar-refractivity contribution is -0.111. The Morgan fingerprint density at radius 3 is 2.50 bits per heavy atom. The van der Waals surface area contributed by atoms with E-state index in [-0.39, 0.29) is 16.4 Å². The second-order valence-electron chi connectivity index (χ2n) is 4.95. The third kappa shape index (κ3) is 2.82. The van der Waals surface area contributed by atoms with Crippen LogP contribution in [0.2, 0.25) is 0 Å². The van der Waals surface area contributed by atoms with E-state index in [2.05, 4.69) is 4.40 Å². The van der Waals surface area contributed by atoms with Gasteiger partial charge in [-0.1, -0.05) is 35.9 Å². The van der Waals surface area contributed by atoms with Gasteiger partial charge in [0.2, 0.25) is 0 Å². The third-order valence-electron chi connectivity index (χ3n) is 3.50. The van der Waals surface area contributed by atoms with E-state index in [0.717, 1.165) is 0 Å². The molecular formula is C16H12ClNO3S. The molecule has 0 heterocycles. The number of hydrogen-bond acceptors (Lipinski definition) is 3. The predicted molar refractivity (Wildman–Crippen MR) is 85.4 cm³/mol. The summed E-state index contributed by atoms with van der Waals surface area (Å²) in [4.78, 5) is 12.0. The van der Waals surface area contributed by atoms with Crippen LogP contribution >= 0.6 is 11.6 Å². The summed E-state index contributed by atoms with van der Waals surface area (Å²) in [6.07, 6.45) is 5.29. The first-order chi connectivity index (χ1) is 10.5. The molecular weight excluding hydrogens is 322 g/mol. The van der Waals surface area contributed by atoms with Crippen molar-refractivity contribution in [3.8, 4) is 0 Å². The monoisotopic (exact) mass is 333 g/mol. The number of allylic oxidation sites excluding steroid dienone is 6. The largest absolute Gasteiger partial charge is 0.290 e. The highest BCUT2D eigenvalue weighted by Gasteiger charge is 2.25. The minimum atomic E-state index is -3.82. The van der Waals surface area contributed by atoms with E-state index in [9.17, 15) is 13.2 Å². The quantitative estimate of drug-likeness (QED) is 0.781. The lowest BCUT2D eigenvalue weighted by Gasteiger charge is -2.20. The lowest BCUT2D eigenvalue weighted by atomic mass is 9.87. The van der Waals surface area contributed by atoms with Crippen LogP contribution in [0.4, 0.5) is 0 Å². The first kappa shape index (κ1) is 14.9. The van der Waals surface area contributed by atoms with E-state index in [0.29, 0.717) is 29.0 Å². The van der Waals surface area contributed by atoms with E-state index in [1.165, 1.54) is 24.3 Å². The SMILES string of the molecule is O=C1C=C/C(=N/S(=O)(=O)c2ccccc2)C2=C1CC=C(Cl)C2. The number of carbonyl (C=O) groups is 1. The van der Waals surface area contributed by atoms with Gasteiger partial charge in [-0.2, -0.15) is 12.8 Å². The molecule has 0 aliphatic heterocycles. The van der Waals surface area contributed by atoms with Crippen LogP contribution in [0.3, 0.4) is 0 Å². The van der Waals surface area contributed by atoms with Crippen molar-refractivity contribution >= 4 is 33.1 Å². The number of ketones is 1. The summed E-state index contributed by atoms with van der Waals surface area (Å²) < 4.78 is 28.6. The maximum absolute atomic E-state index is 12.4. The van der Waals surface area contributed by atoms with E-state index < -0.39 is 10.0 Å². The first-order valence-corrected chi connectivity index (χ1v) is 8.48. The van der Waals surface area contributed by atoms with Crippen LogP contribution in [0.1, 0.15) is 12.8 Å². The maximum Gasteiger partial charge on any atom is 0.282 e. The van der Waals surface area contributed by atoms with Crippen LogP contribution in [0.5, 0.6) is 0 Å². The average molecular weight is 334 g/mol. The summed E-state index contributed by atoms with van der Waals surface area (Å²) >= 11 is 6.02. The number of nitrogens with zero attached hydrogens (tertiary/aromatic N) is 1. The molecule has 0 saturated carbocycles. The molecule has 0 aromatic heterocycles. The topological polar surface area (TPSA) is 63.6 Å². The Bertz CT molecular complexity index is 862. The molecule has 112 valence electrons. The van der Waals surface area contributed by atoms with Gasteiger partial charge in [-0.25, -0.2) is 0 Å². The van der Waals surface area contributed by atoms with Gasteiger partial charge in [0.1, 0.15) is 0 Å². The zero-order valence-electron chi connectivity index (χ0n) is 11.5. The van der Waals surface area contributed by atoms with Crippen LogP contribution in [0.15, 0.2) is 74.0 Å². The van der Waals surface area contributed by atoms with Gasteiger partial charge in [0.15, 0.2) is 5.78 Å². The number of halogens is 1. The van der Waals surface area contributed by atoms with Crippen LogP contribution in [0.25, 0.3) is 0 Å². The number of carbonyl (C=O) groups excluding carboxylic acids is 1. The Morgan fingerprint density at radius 1 is 1.05 bits per heavy atom. The fourth-order valence-corrected chi connectivity index (χ4v) is 3.64. The summed E-state index contributed by atoms with van der Waals surface area (Å²) in [5.74, 6) is -0.119. The number of hydrogen-bond donors (Lipinski definition) is 0. The van der Waals surface area contributed by atoms with Crippen molar-refractivity contribution in [2.24, 2.45) is 4.40 Å². The molecule has 0 bridgehead atoms. The Hall–Kier alpha value is -1.98. The molecule has 1 aromatic carbocycles. The van der Waals surface area contributed by atoms with Crippen molar-refractivity contribution in [3.05, 3.63) is 64.7 Å². The molecule has 0 amide bonds. The summed E-state index contributed by atoms with van der Waals surface area (Å²) in [5.41, 5.74) is 1.44. The molecule has 2 aliphatic carbocycles. The maximum atomic E-state index is 12.4. The highest BCUT2D eigenvalue weighted by atomic mass is 35.5. The molecule has 0 atom stereocenters. The Kier molecular flexibility index (Phi) is 3.85. The molecule has 0 spiro atoms. The summed E-state index contributed by atoms with van der Waals surface area (Å²) in [6.45, 7) is 0. The third-order valence-corrected chi connectivity index (χ3v) is 5.09. The van der Waals surface area contributed by atoms with E-state index in [1.807, 2.05) is 0 Å². The van der Waals surface area contributed by atoms with Gasteiger partial charge in [0.25, 0.3) is 10.0 Å². The standard InChI is InChI=1S/C16H12ClNO3S/c17-11-6-7-13-14(10-11)15(8-9-16(13)19)18-22(20,21)12-4-2-1-3-5-12/h1-6,8-9H,7,10H2/b18-15-. The molecule has 4 nitrogen and oxygen atoms in total. The Labute approximate surface area is 133 Å². The fourth-order valence-electron chi connectivity index (χ4n) is 2.39. The van der Waals surface area contributed by atoms with Gasteiger partial charge in [-0.3, -0.25) is 4.79 Å². The number of benzene rings is 1. The molecule has 22 heavy (non-hydrogen) atoms. The van der Waals surface area contributed by atoms with Crippen LogP contribution < -0.4 is 0 Å². The van der Waals surface area contributed by atoms with Gasteiger partial charge in [-0.05, 0) is 36.3 Å². The van der Waals surface area contributed by atoms with E-state index in [1.54, 1.807) is 24.3 Å². The molecule has 0 unspecified atom stereocenters. The minimum Gasteiger partial charge on any atom is -0.290 e. The van der Waals surface area contributed by atoms with Gasteiger partial charge < -0.3 is 0 Å². The zero-order chi connectivity index (χ0) is 15.7. The normalized spacial score (nSPS) is 20.1. The fraction of sp³-hybridized carbons (Fsp3) is 0.125. The van der Waals surface area contributed by atoms with Crippen molar-refractivity contribution in [3.63, 3.8) is 0 Å². The molecule has 0 saturated heterocycles. The summed E-state index contributed by atoms with van der Waals surface area (Å²) in [6, 6.07) is 7.98. The molecule has 6 heteroatoms. The van der Waals surface area contributed by atoms with Crippen LogP contribution in [0, 0.1) is 0 Å².